The van der Waals surface area contributed by atoms with E-state index in [1.54, 1.807) is 0 Å². The van der Waals surface area contributed by atoms with Crippen LogP contribution in [0.2, 0.25) is 0 Å². The molecule has 1 heterocycles. The number of hydrogen-bond donors (Lipinski definition) is 0. The van der Waals surface area contributed by atoms with Crippen LogP contribution in [0, 0.1) is 0 Å². The molecule has 0 aliphatic carbocycles. The Kier molecular flexibility index (Phi) is 4.27. The Morgan fingerprint density at radius 3 is 2.50 bits per heavy atom. The molecule has 1 heteroatoms. The molecule has 1 unspecified atom stereocenters. The summed E-state index contributed by atoms with van der Waals surface area (Å²) in [5, 5.41) is 0.639. The molecule has 76 valence electrons. The molecule has 0 aromatic heterocycles. The van der Waals surface area contributed by atoms with Crippen LogP contribution >= 0.6 is 11.8 Å². The van der Waals surface area contributed by atoms with E-state index in [9.17, 15) is 0 Å². The highest BCUT2D eigenvalue weighted by Gasteiger charge is 2.13. The third kappa shape index (κ3) is 2.42. The smallest absolute Gasteiger partial charge is 0.0276 e. The predicted molar refractivity (Wildman–Crippen MR) is 66.8 cm³/mol. The molecule has 1 aliphatic rings. The predicted octanol–water partition coefficient (Wildman–Crippen LogP) is 4.61. The fourth-order valence-corrected chi connectivity index (χ4v) is 2.41. The Labute approximate surface area is 91.4 Å². The molecule has 2 rings (SSSR count). The molecular formula is C13H18S. The van der Waals surface area contributed by atoms with E-state index in [-0.39, 0.29) is 0 Å². The largest absolute Gasteiger partial charge is 0.118 e. The zero-order valence-electron chi connectivity index (χ0n) is 9.37. The van der Waals surface area contributed by atoms with Gasteiger partial charge in [0.25, 0.3) is 0 Å². The van der Waals surface area contributed by atoms with Crippen LogP contribution in [0.25, 0.3) is 6.08 Å². The Hall–Kier alpha value is -0.690. The van der Waals surface area contributed by atoms with E-state index in [1.165, 1.54) is 16.0 Å². The summed E-state index contributed by atoms with van der Waals surface area (Å²) in [6.45, 7) is 8.46. The second-order valence-electron chi connectivity index (χ2n) is 3.19. The minimum atomic E-state index is 0.639. The van der Waals surface area contributed by atoms with E-state index in [1.807, 2.05) is 25.6 Å². The van der Waals surface area contributed by atoms with E-state index in [0.29, 0.717) is 5.25 Å². The first-order chi connectivity index (χ1) is 6.77. The molecule has 0 fully saturated rings. The third-order valence-electron chi connectivity index (χ3n) is 2.25. The van der Waals surface area contributed by atoms with Crippen molar-refractivity contribution in [1.82, 2.24) is 0 Å². The highest BCUT2D eigenvalue weighted by molar-refractivity contribution is 8.00. The molecule has 0 bridgehead atoms. The van der Waals surface area contributed by atoms with Crippen LogP contribution in [0.1, 0.15) is 33.3 Å². The Bertz CT molecular complexity index is 326. The molecule has 0 amide bonds. The topological polar surface area (TPSA) is 0 Å². The van der Waals surface area contributed by atoms with Crippen molar-refractivity contribution in [2.45, 2.75) is 37.8 Å². The SMILES string of the molecule is CC.CC1=Cc2ccccc2SC1C. The maximum absolute atomic E-state index is 2.29. The van der Waals surface area contributed by atoms with Crippen LogP contribution in [-0.2, 0) is 0 Å². The lowest BCUT2D eigenvalue weighted by Crippen LogP contribution is -2.02. The highest BCUT2D eigenvalue weighted by atomic mass is 32.2. The van der Waals surface area contributed by atoms with Gasteiger partial charge in [-0.05, 0) is 25.5 Å². The summed E-state index contributed by atoms with van der Waals surface area (Å²) in [5.41, 5.74) is 2.84. The van der Waals surface area contributed by atoms with Crippen molar-refractivity contribution in [1.29, 1.82) is 0 Å². The maximum atomic E-state index is 2.29. The van der Waals surface area contributed by atoms with Crippen LogP contribution in [-0.4, -0.2) is 5.25 Å². The van der Waals surface area contributed by atoms with Gasteiger partial charge in [0.05, 0.1) is 0 Å². The highest BCUT2D eigenvalue weighted by Crippen LogP contribution is 2.36. The average molecular weight is 206 g/mol. The minimum absolute atomic E-state index is 0.639. The van der Waals surface area contributed by atoms with Gasteiger partial charge in [-0.2, -0.15) is 0 Å². The van der Waals surface area contributed by atoms with Crippen molar-refractivity contribution in [3.05, 3.63) is 35.4 Å². The second kappa shape index (κ2) is 5.26. The van der Waals surface area contributed by atoms with Crippen molar-refractivity contribution in [3.63, 3.8) is 0 Å². The molecule has 0 radical (unpaired) electrons. The lowest BCUT2D eigenvalue weighted by molar-refractivity contribution is 1.11. The molecular weight excluding hydrogens is 188 g/mol. The molecule has 1 aliphatic heterocycles. The molecule has 1 aromatic carbocycles. The van der Waals surface area contributed by atoms with Crippen LogP contribution in [0.3, 0.4) is 0 Å². The third-order valence-corrected chi connectivity index (χ3v) is 3.60. The van der Waals surface area contributed by atoms with Crippen molar-refractivity contribution in [2.75, 3.05) is 0 Å². The summed E-state index contributed by atoms with van der Waals surface area (Å²) in [7, 11) is 0. The van der Waals surface area contributed by atoms with Gasteiger partial charge in [0, 0.05) is 10.1 Å². The number of benzene rings is 1. The quantitative estimate of drug-likeness (QED) is 0.597. The number of thioether (sulfide) groups is 1. The van der Waals surface area contributed by atoms with Crippen molar-refractivity contribution in [2.24, 2.45) is 0 Å². The Balaban J connectivity index is 0.000000461. The van der Waals surface area contributed by atoms with Gasteiger partial charge in [0.15, 0.2) is 0 Å². The lowest BCUT2D eigenvalue weighted by atomic mass is 10.1. The van der Waals surface area contributed by atoms with Crippen molar-refractivity contribution < 1.29 is 0 Å². The second-order valence-corrected chi connectivity index (χ2v) is 4.57. The molecule has 0 saturated heterocycles. The van der Waals surface area contributed by atoms with Gasteiger partial charge < -0.3 is 0 Å². The van der Waals surface area contributed by atoms with Gasteiger partial charge in [0.2, 0.25) is 0 Å². The summed E-state index contributed by atoms with van der Waals surface area (Å²) in [4.78, 5) is 1.41. The van der Waals surface area contributed by atoms with E-state index >= 15 is 0 Å². The fourth-order valence-electron chi connectivity index (χ4n) is 1.35. The first-order valence-electron chi connectivity index (χ1n) is 5.21. The standard InChI is InChI=1S/C11H12S.C2H6/c1-8-7-10-5-3-4-6-11(10)12-9(8)2;1-2/h3-7,9H,1-2H3;1-2H3. The minimum Gasteiger partial charge on any atom is -0.118 e. The van der Waals surface area contributed by atoms with Crippen molar-refractivity contribution in [3.8, 4) is 0 Å². The van der Waals surface area contributed by atoms with Crippen LogP contribution in [0.4, 0.5) is 0 Å². The number of rotatable bonds is 0. The van der Waals surface area contributed by atoms with Gasteiger partial charge in [-0.1, -0.05) is 43.7 Å². The first kappa shape index (κ1) is 11.4. The molecule has 14 heavy (non-hydrogen) atoms. The van der Waals surface area contributed by atoms with Crippen LogP contribution in [0.15, 0.2) is 34.7 Å². The Morgan fingerprint density at radius 2 is 1.79 bits per heavy atom. The summed E-state index contributed by atoms with van der Waals surface area (Å²) in [6, 6.07) is 8.57. The van der Waals surface area contributed by atoms with E-state index in [4.69, 9.17) is 0 Å². The van der Waals surface area contributed by atoms with Gasteiger partial charge in [-0.15, -0.1) is 11.8 Å². The summed E-state index contributed by atoms with van der Waals surface area (Å²) in [5.74, 6) is 0. The molecule has 1 atom stereocenters. The zero-order valence-corrected chi connectivity index (χ0v) is 10.2. The zero-order chi connectivity index (χ0) is 10.6. The summed E-state index contributed by atoms with van der Waals surface area (Å²) >= 11 is 1.95. The van der Waals surface area contributed by atoms with E-state index in [0.717, 1.165) is 0 Å². The summed E-state index contributed by atoms with van der Waals surface area (Å²) in [6.07, 6.45) is 2.29. The van der Waals surface area contributed by atoms with Crippen molar-refractivity contribution >= 4 is 17.8 Å². The Morgan fingerprint density at radius 1 is 1.14 bits per heavy atom. The molecule has 0 N–H and O–H groups in total. The van der Waals surface area contributed by atoms with Crippen LogP contribution < -0.4 is 0 Å². The van der Waals surface area contributed by atoms with Gasteiger partial charge >= 0.3 is 0 Å². The molecule has 0 nitrogen and oxygen atoms in total. The maximum Gasteiger partial charge on any atom is 0.0276 e. The fraction of sp³-hybridized carbons (Fsp3) is 0.385. The average Bonchev–Trinajstić information content (AvgIpc) is 2.23. The summed E-state index contributed by atoms with van der Waals surface area (Å²) < 4.78 is 0. The van der Waals surface area contributed by atoms with Gasteiger partial charge in [-0.25, -0.2) is 0 Å². The normalized spacial score (nSPS) is 18.9. The van der Waals surface area contributed by atoms with E-state index < -0.39 is 0 Å². The monoisotopic (exact) mass is 206 g/mol. The first-order valence-corrected chi connectivity index (χ1v) is 6.09. The van der Waals surface area contributed by atoms with Gasteiger partial charge in [-0.3, -0.25) is 0 Å². The molecule has 0 saturated carbocycles. The molecule has 1 aromatic rings. The van der Waals surface area contributed by atoms with E-state index in [2.05, 4.69) is 44.2 Å². The van der Waals surface area contributed by atoms with Crippen LogP contribution in [0.5, 0.6) is 0 Å². The number of hydrogen-bond acceptors (Lipinski definition) is 1. The number of fused-ring (bicyclic) bond motifs is 1. The molecule has 0 spiro atoms. The van der Waals surface area contributed by atoms with Gasteiger partial charge in [0.1, 0.15) is 0 Å². The lowest BCUT2D eigenvalue weighted by Gasteiger charge is -2.19.